The molecule has 110 valence electrons. The molecular weight excluding hydrogens is 335 g/mol. The fourth-order valence-corrected chi connectivity index (χ4v) is 2.35. The number of nitrogens with one attached hydrogen (secondary N) is 1. The van der Waals surface area contributed by atoms with E-state index >= 15 is 0 Å². The third kappa shape index (κ3) is 4.65. The van der Waals surface area contributed by atoms with Crippen molar-refractivity contribution in [1.29, 1.82) is 0 Å². The molecule has 0 atom stereocenters. The number of nitrogens with zero attached hydrogens (tertiary/aromatic N) is 1. The highest BCUT2D eigenvalue weighted by molar-refractivity contribution is 9.10. The maximum Gasteiger partial charge on any atom is 0.238 e. The Hall–Kier alpha value is -1.72. The molecule has 2 rings (SSSR count). The molecule has 2 aromatic rings. The molecule has 0 bridgehead atoms. The zero-order valence-corrected chi connectivity index (χ0v) is 13.2. The van der Waals surface area contributed by atoms with E-state index in [1.54, 1.807) is 30.1 Å². The number of para-hydroxylation sites is 1. The van der Waals surface area contributed by atoms with Gasteiger partial charge in [-0.1, -0.05) is 30.3 Å². The normalized spacial score (nSPS) is 10.7. The Morgan fingerprint density at radius 2 is 1.86 bits per heavy atom. The molecular formula is C16H16BrFN2O. The molecule has 1 amide bonds. The molecule has 0 radical (unpaired) electrons. The van der Waals surface area contributed by atoms with Crippen LogP contribution in [0.5, 0.6) is 0 Å². The Balaban J connectivity index is 1.91. The smallest absolute Gasteiger partial charge is 0.238 e. The average molecular weight is 351 g/mol. The molecule has 1 N–H and O–H groups in total. The zero-order valence-electron chi connectivity index (χ0n) is 11.6. The quantitative estimate of drug-likeness (QED) is 0.892. The Morgan fingerprint density at radius 3 is 2.57 bits per heavy atom. The summed E-state index contributed by atoms with van der Waals surface area (Å²) in [5, 5.41) is 2.82. The Kier molecular flexibility index (Phi) is 5.47. The van der Waals surface area contributed by atoms with Crippen molar-refractivity contribution in [2.75, 3.05) is 18.9 Å². The van der Waals surface area contributed by atoms with Crippen LogP contribution in [0.1, 0.15) is 5.56 Å². The van der Waals surface area contributed by atoms with E-state index in [1.165, 1.54) is 6.07 Å². The van der Waals surface area contributed by atoms with E-state index in [0.717, 1.165) is 10.2 Å². The molecule has 0 fully saturated rings. The summed E-state index contributed by atoms with van der Waals surface area (Å²) in [6.07, 6.45) is 0. The molecule has 2 aromatic carbocycles. The Labute approximate surface area is 131 Å². The highest BCUT2D eigenvalue weighted by Crippen LogP contribution is 2.21. The van der Waals surface area contributed by atoms with Crippen molar-refractivity contribution in [3.63, 3.8) is 0 Å². The van der Waals surface area contributed by atoms with Gasteiger partial charge in [0.05, 0.1) is 12.2 Å². The number of carbonyl (C=O) groups is 1. The maximum atomic E-state index is 13.6. The number of benzene rings is 2. The SMILES string of the molecule is CN(CC(=O)Nc1ccccc1Br)Cc1ccccc1F. The lowest BCUT2D eigenvalue weighted by Gasteiger charge is -2.17. The van der Waals surface area contributed by atoms with Gasteiger partial charge in [-0.25, -0.2) is 4.39 Å². The summed E-state index contributed by atoms with van der Waals surface area (Å²) in [5.41, 5.74) is 1.30. The van der Waals surface area contributed by atoms with Crippen LogP contribution in [-0.2, 0) is 11.3 Å². The van der Waals surface area contributed by atoms with Crippen LogP contribution in [0.25, 0.3) is 0 Å². The molecule has 0 heterocycles. The van der Waals surface area contributed by atoms with Gasteiger partial charge in [0.1, 0.15) is 5.82 Å². The highest BCUT2D eigenvalue weighted by atomic mass is 79.9. The predicted molar refractivity (Wildman–Crippen MR) is 85.5 cm³/mol. The first kappa shape index (κ1) is 15.7. The summed E-state index contributed by atoms with van der Waals surface area (Å²) in [5.74, 6) is -0.392. The number of hydrogen-bond donors (Lipinski definition) is 1. The largest absolute Gasteiger partial charge is 0.324 e. The summed E-state index contributed by atoms with van der Waals surface area (Å²) in [7, 11) is 1.78. The lowest BCUT2D eigenvalue weighted by atomic mass is 10.2. The molecule has 0 unspecified atom stereocenters. The van der Waals surface area contributed by atoms with Crippen molar-refractivity contribution in [3.05, 3.63) is 64.4 Å². The van der Waals surface area contributed by atoms with Crippen LogP contribution in [0.3, 0.4) is 0 Å². The van der Waals surface area contributed by atoms with Gasteiger partial charge in [0, 0.05) is 16.6 Å². The second kappa shape index (κ2) is 7.33. The molecule has 0 aliphatic heterocycles. The van der Waals surface area contributed by atoms with Crippen LogP contribution >= 0.6 is 15.9 Å². The molecule has 21 heavy (non-hydrogen) atoms. The number of carbonyl (C=O) groups excluding carboxylic acids is 1. The van der Waals surface area contributed by atoms with E-state index in [1.807, 2.05) is 24.3 Å². The van der Waals surface area contributed by atoms with Gasteiger partial charge >= 0.3 is 0 Å². The molecule has 5 heteroatoms. The molecule has 0 saturated heterocycles. The van der Waals surface area contributed by atoms with Gasteiger partial charge in [-0.3, -0.25) is 9.69 Å². The minimum absolute atomic E-state index is 0.138. The predicted octanol–water partition coefficient (Wildman–Crippen LogP) is 3.66. The molecule has 0 aliphatic carbocycles. The van der Waals surface area contributed by atoms with E-state index in [-0.39, 0.29) is 18.3 Å². The van der Waals surface area contributed by atoms with Crippen molar-refractivity contribution in [3.8, 4) is 0 Å². The van der Waals surface area contributed by atoms with Crippen LogP contribution < -0.4 is 5.32 Å². The van der Waals surface area contributed by atoms with Gasteiger partial charge in [-0.05, 0) is 41.2 Å². The lowest BCUT2D eigenvalue weighted by molar-refractivity contribution is -0.117. The van der Waals surface area contributed by atoms with Gasteiger partial charge in [0.15, 0.2) is 0 Å². The van der Waals surface area contributed by atoms with E-state index in [2.05, 4.69) is 21.2 Å². The van der Waals surface area contributed by atoms with E-state index in [0.29, 0.717) is 12.1 Å². The first-order valence-electron chi connectivity index (χ1n) is 6.52. The molecule has 3 nitrogen and oxygen atoms in total. The number of rotatable bonds is 5. The molecule has 0 aromatic heterocycles. The molecule has 0 saturated carbocycles. The second-order valence-electron chi connectivity index (χ2n) is 4.79. The third-order valence-corrected chi connectivity index (χ3v) is 3.65. The van der Waals surface area contributed by atoms with Gasteiger partial charge in [-0.15, -0.1) is 0 Å². The Bertz CT molecular complexity index is 633. The van der Waals surface area contributed by atoms with Crippen molar-refractivity contribution >= 4 is 27.5 Å². The van der Waals surface area contributed by atoms with Crippen molar-refractivity contribution in [2.24, 2.45) is 0 Å². The summed E-state index contributed by atoms with van der Waals surface area (Å²) >= 11 is 3.38. The van der Waals surface area contributed by atoms with Gasteiger partial charge in [0.25, 0.3) is 0 Å². The van der Waals surface area contributed by atoms with Crippen LogP contribution in [0.2, 0.25) is 0 Å². The summed E-state index contributed by atoms with van der Waals surface area (Å²) in [6, 6.07) is 14.0. The summed E-state index contributed by atoms with van der Waals surface area (Å²) in [4.78, 5) is 13.8. The number of anilines is 1. The first-order chi connectivity index (χ1) is 10.1. The standard InChI is InChI=1S/C16H16BrFN2O/c1-20(10-12-6-2-4-8-14(12)18)11-16(21)19-15-9-5-3-7-13(15)17/h2-9H,10-11H2,1H3,(H,19,21). The maximum absolute atomic E-state index is 13.6. The van der Waals surface area contributed by atoms with Crippen LogP contribution in [0.4, 0.5) is 10.1 Å². The Morgan fingerprint density at radius 1 is 1.19 bits per heavy atom. The molecule has 0 aliphatic rings. The van der Waals surface area contributed by atoms with Crippen LogP contribution in [0.15, 0.2) is 53.0 Å². The minimum atomic E-state index is -0.254. The van der Waals surface area contributed by atoms with Crippen molar-refractivity contribution in [1.82, 2.24) is 4.90 Å². The summed E-state index contributed by atoms with van der Waals surface area (Å²) in [6.45, 7) is 0.575. The van der Waals surface area contributed by atoms with E-state index in [4.69, 9.17) is 0 Å². The summed E-state index contributed by atoms with van der Waals surface area (Å²) < 4.78 is 14.4. The van der Waals surface area contributed by atoms with Crippen LogP contribution in [0, 0.1) is 5.82 Å². The number of hydrogen-bond acceptors (Lipinski definition) is 2. The minimum Gasteiger partial charge on any atom is -0.324 e. The lowest BCUT2D eigenvalue weighted by Crippen LogP contribution is -2.30. The van der Waals surface area contributed by atoms with Crippen molar-refractivity contribution in [2.45, 2.75) is 6.54 Å². The monoisotopic (exact) mass is 350 g/mol. The fourth-order valence-electron chi connectivity index (χ4n) is 1.97. The number of halogens is 2. The number of likely N-dealkylation sites (N-methyl/N-ethyl adjacent to an activating group) is 1. The topological polar surface area (TPSA) is 32.3 Å². The number of amides is 1. The average Bonchev–Trinajstić information content (AvgIpc) is 2.44. The van der Waals surface area contributed by atoms with Crippen molar-refractivity contribution < 1.29 is 9.18 Å². The van der Waals surface area contributed by atoms with E-state index < -0.39 is 0 Å². The molecule has 0 spiro atoms. The zero-order chi connectivity index (χ0) is 15.2. The first-order valence-corrected chi connectivity index (χ1v) is 7.32. The van der Waals surface area contributed by atoms with Gasteiger partial charge in [-0.2, -0.15) is 0 Å². The fraction of sp³-hybridized carbons (Fsp3) is 0.188. The van der Waals surface area contributed by atoms with Crippen LogP contribution in [-0.4, -0.2) is 24.4 Å². The highest BCUT2D eigenvalue weighted by Gasteiger charge is 2.10. The van der Waals surface area contributed by atoms with E-state index in [9.17, 15) is 9.18 Å². The second-order valence-corrected chi connectivity index (χ2v) is 5.65. The third-order valence-electron chi connectivity index (χ3n) is 2.96. The van der Waals surface area contributed by atoms with Gasteiger partial charge < -0.3 is 5.32 Å². The van der Waals surface area contributed by atoms with Gasteiger partial charge in [0.2, 0.25) is 5.91 Å².